The van der Waals surface area contributed by atoms with E-state index in [1.54, 1.807) is 17.6 Å². The highest BCUT2D eigenvalue weighted by molar-refractivity contribution is 7.08. The Bertz CT molecular complexity index is 1140. The van der Waals surface area contributed by atoms with Gasteiger partial charge in [-0.2, -0.15) is 24.5 Å². The molecule has 3 aromatic heterocycles. The number of carboxylic acids is 1. The number of nitrogens with zero attached hydrogens (tertiary/aromatic N) is 5. The lowest BCUT2D eigenvalue weighted by atomic mass is 9.84. The summed E-state index contributed by atoms with van der Waals surface area (Å²) < 4.78 is 39.6. The Kier molecular flexibility index (Phi) is 6.49. The van der Waals surface area contributed by atoms with Gasteiger partial charge in [-0.3, -0.25) is 14.3 Å². The Labute approximate surface area is 196 Å². The molecule has 34 heavy (non-hydrogen) atoms. The molecule has 9 nitrogen and oxygen atoms in total. The third-order valence-electron chi connectivity index (χ3n) is 5.91. The molecule has 1 amide bonds. The molecule has 3 aromatic rings. The lowest BCUT2D eigenvalue weighted by Crippen LogP contribution is -2.56. The number of amides is 1. The molecule has 0 atom stereocenters. The number of likely N-dealkylation sites (tertiary alicyclic amines) is 1. The van der Waals surface area contributed by atoms with Gasteiger partial charge in [-0.1, -0.05) is 0 Å². The molecule has 1 spiro atoms. The predicted octanol–water partition coefficient (Wildman–Crippen LogP) is 3.31. The molecule has 0 bridgehead atoms. The number of aliphatic carboxylic acids is 1. The van der Waals surface area contributed by atoms with E-state index in [-0.39, 0.29) is 11.4 Å². The number of carboxylic acid groups (broad SMARTS) is 1. The van der Waals surface area contributed by atoms with Crippen molar-refractivity contribution in [2.75, 3.05) is 26.7 Å². The molecule has 0 aromatic carbocycles. The zero-order valence-electron chi connectivity index (χ0n) is 18.2. The first-order valence-corrected chi connectivity index (χ1v) is 11.3. The molecule has 1 fully saturated rings. The van der Waals surface area contributed by atoms with Crippen molar-refractivity contribution in [3.8, 4) is 11.6 Å². The van der Waals surface area contributed by atoms with Gasteiger partial charge >= 0.3 is 12.1 Å². The number of carbonyl (C=O) groups is 2. The average Bonchev–Trinajstić information content (AvgIpc) is 3.54. The van der Waals surface area contributed by atoms with E-state index in [4.69, 9.17) is 14.3 Å². The summed E-state index contributed by atoms with van der Waals surface area (Å²) >= 11 is 1.56. The van der Waals surface area contributed by atoms with Crippen LogP contribution in [0.2, 0.25) is 0 Å². The van der Waals surface area contributed by atoms with Crippen molar-refractivity contribution in [2.24, 2.45) is 0 Å². The molecule has 182 valence electrons. The van der Waals surface area contributed by atoms with E-state index in [2.05, 4.69) is 26.7 Å². The fourth-order valence-electron chi connectivity index (χ4n) is 4.43. The quantitative estimate of drug-likeness (QED) is 0.579. The Morgan fingerprint density at radius 2 is 1.91 bits per heavy atom. The van der Waals surface area contributed by atoms with Crippen LogP contribution in [0, 0.1) is 0 Å². The summed E-state index contributed by atoms with van der Waals surface area (Å²) in [6.07, 6.45) is -1.65. The number of likely N-dealkylation sites (N-methyl/N-ethyl adjacent to an activating group) is 1. The summed E-state index contributed by atoms with van der Waals surface area (Å²) in [5.41, 5.74) is 0.678. The minimum Gasteiger partial charge on any atom is -0.475 e. The van der Waals surface area contributed by atoms with Crippen LogP contribution < -0.4 is 0 Å². The summed E-state index contributed by atoms with van der Waals surface area (Å²) in [6, 6.07) is 5.71. The fourth-order valence-corrected chi connectivity index (χ4v) is 5.06. The maximum absolute atomic E-state index is 12.7. The number of hydrogen-bond acceptors (Lipinski definition) is 7. The number of halogens is 3. The summed E-state index contributed by atoms with van der Waals surface area (Å²) in [5, 5.41) is 19.9. The van der Waals surface area contributed by atoms with E-state index in [1.807, 2.05) is 33.9 Å². The summed E-state index contributed by atoms with van der Waals surface area (Å²) in [6.45, 7) is 3.16. The molecule has 2 aliphatic heterocycles. The number of hydrogen-bond donors (Lipinski definition) is 1. The van der Waals surface area contributed by atoms with Crippen LogP contribution in [0.15, 0.2) is 39.6 Å². The van der Waals surface area contributed by atoms with Crippen molar-refractivity contribution in [1.82, 2.24) is 24.6 Å². The van der Waals surface area contributed by atoms with E-state index in [9.17, 15) is 18.0 Å². The summed E-state index contributed by atoms with van der Waals surface area (Å²) in [4.78, 5) is 25.9. The third kappa shape index (κ3) is 4.71. The SMILES string of the molecule is CN1Cc2nnc(-c3ccco3)n2C2(CCN(C(=O)c3ccsc3)CC2)C1.O=C(O)C(F)(F)F. The van der Waals surface area contributed by atoms with Crippen molar-refractivity contribution in [1.29, 1.82) is 0 Å². The second-order valence-electron chi connectivity index (χ2n) is 8.26. The lowest BCUT2D eigenvalue weighted by Gasteiger charge is -2.48. The normalized spacial score (nSPS) is 17.7. The number of thiophene rings is 1. The number of aromatic nitrogens is 3. The number of furan rings is 1. The van der Waals surface area contributed by atoms with Gasteiger partial charge in [-0.05, 0) is 43.5 Å². The molecule has 0 saturated carbocycles. The smallest absolute Gasteiger partial charge is 0.475 e. The fraction of sp³-hybridized carbons (Fsp3) is 0.429. The first kappa shape index (κ1) is 24.0. The van der Waals surface area contributed by atoms with Crippen LogP contribution in [0.1, 0.15) is 29.0 Å². The minimum atomic E-state index is -5.08. The predicted molar refractivity (Wildman–Crippen MR) is 115 cm³/mol. The van der Waals surface area contributed by atoms with Gasteiger partial charge in [0.05, 0.1) is 23.9 Å². The van der Waals surface area contributed by atoms with Crippen molar-refractivity contribution < 1.29 is 32.3 Å². The number of carbonyl (C=O) groups excluding carboxylic acids is 1. The minimum absolute atomic E-state index is 0.112. The Hall–Kier alpha value is -3.19. The van der Waals surface area contributed by atoms with E-state index < -0.39 is 12.1 Å². The molecule has 1 N–H and O–H groups in total. The van der Waals surface area contributed by atoms with Crippen LogP contribution in [-0.4, -0.2) is 74.4 Å². The van der Waals surface area contributed by atoms with Gasteiger partial charge in [0.25, 0.3) is 5.91 Å². The number of piperidine rings is 1. The zero-order chi connectivity index (χ0) is 24.5. The molecule has 5 rings (SSSR count). The first-order chi connectivity index (χ1) is 16.1. The van der Waals surface area contributed by atoms with Gasteiger partial charge in [0.1, 0.15) is 5.82 Å². The van der Waals surface area contributed by atoms with Gasteiger partial charge in [0.15, 0.2) is 11.6 Å². The van der Waals surface area contributed by atoms with Crippen LogP contribution in [0.3, 0.4) is 0 Å². The second kappa shape index (κ2) is 9.22. The molecule has 0 unspecified atom stereocenters. The lowest BCUT2D eigenvalue weighted by molar-refractivity contribution is -0.192. The molecular weight excluding hydrogens is 475 g/mol. The number of fused-ring (bicyclic) bond motifs is 2. The van der Waals surface area contributed by atoms with Gasteiger partial charge in [-0.25, -0.2) is 4.79 Å². The molecule has 2 aliphatic rings. The highest BCUT2D eigenvalue weighted by Gasteiger charge is 2.44. The highest BCUT2D eigenvalue weighted by Crippen LogP contribution is 2.39. The van der Waals surface area contributed by atoms with Gasteiger partial charge in [0.2, 0.25) is 0 Å². The molecule has 0 aliphatic carbocycles. The van der Waals surface area contributed by atoms with E-state index in [0.29, 0.717) is 0 Å². The van der Waals surface area contributed by atoms with Crippen molar-refractivity contribution in [3.05, 3.63) is 46.6 Å². The third-order valence-corrected chi connectivity index (χ3v) is 6.60. The van der Waals surface area contributed by atoms with Crippen LogP contribution in [0.5, 0.6) is 0 Å². The summed E-state index contributed by atoms with van der Waals surface area (Å²) in [7, 11) is 2.12. The molecule has 5 heterocycles. The van der Waals surface area contributed by atoms with Crippen LogP contribution in [-0.2, 0) is 16.9 Å². The molecule has 1 saturated heterocycles. The zero-order valence-corrected chi connectivity index (χ0v) is 19.0. The van der Waals surface area contributed by atoms with Gasteiger partial charge < -0.3 is 14.4 Å². The second-order valence-corrected chi connectivity index (χ2v) is 9.04. The average molecular weight is 497 g/mol. The Balaban J connectivity index is 0.000000344. The Morgan fingerprint density at radius 3 is 2.47 bits per heavy atom. The molecule has 13 heteroatoms. The summed E-state index contributed by atoms with van der Waals surface area (Å²) in [5.74, 6) is -0.124. The van der Waals surface area contributed by atoms with Crippen LogP contribution >= 0.6 is 11.3 Å². The van der Waals surface area contributed by atoms with Gasteiger partial charge in [-0.15, -0.1) is 10.2 Å². The van der Waals surface area contributed by atoms with Crippen molar-refractivity contribution in [3.63, 3.8) is 0 Å². The number of rotatable bonds is 2. The van der Waals surface area contributed by atoms with Crippen LogP contribution in [0.25, 0.3) is 11.6 Å². The molecule has 0 radical (unpaired) electrons. The maximum Gasteiger partial charge on any atom is 0.490 e. The molecular formula is C21H22F3N5O4S. The van der Waals surface area contributed by atoms with Crippen LogP contribution in [0.4, 0.5) is 13.2 Å². The first-order valence-electron chi connectivity index (χ1n) is 10.4. The maximum atomic E-state index is 12.7. The topological polar surface area (TPSA) is 105 Å². The number of alkyl halides is 3. The van der Waals surface area contributed by atoms with Gasteiger partial charge in [0, 0.05) is 25.0 Å². The Morgan fingerprint density at radius 1 is 1.21 bits per heavy atom. The highest BCUT2D eigenvalue weighted by atomic mass is 32.1. The van der Waals surface area contributed by atoms with Crippen molar-refractivity contribution >= 4 is 23.2 Å². The largest absolute Gasteiger partial charge is 0.490 e. The van der Waals surface area contributed by atoms with E-state index in [1.165, 1.54) is 0 Å². The van der Waals surface area contributed by atoms with E-state index in [0.717, 1.165) is 62.0 Å². The standard InChI is InChI=1S/C19H21N5O2S.C2HF3O2/c1-22-11-16-20-21-17(15-3-2-9-26-15)24(16)19(13-22)5-7-23(8-6-19)18(25)14-4-10-27-12-14;3-2(4,5)1(6)7/h2-4,9-10,12H,5-8,11,13H2,1H3;(H,6,7). The van der Waals surface area contributed by atoms with Crippen molar-refractivity contribution in [2.45, 2.75) is 31.1 Å². The monoisotopic (exact) mass is 497 g/mol. The van der Waals surface area contributed by atoms with E-state index >= 15 is 0 Å².